The van der Waals surface area contributed by atoms with E-state index in [1.54, 1.807) is 6.92 Å². The molecule has 0 radical (unpaired) electrons. The molecule has 1 heterocycles. The van der Waals surface area contributed by atoms with Crippen LogP contribution < -0.4 is 10.1 Å². The molecule has 0 aliphatic carbocycles. The van der Waals surface area contributed by atoms with Crippen LogP contribution in [0.4, 0.5) is 0 Å². The Morgan fingerprint density at radius 1 is 1.25 bits per heavy atom. The zero-order chi connectivity index (χ0) is 14.4. The minimum Gasteiger partial charge on any atom is -0.483 e. The third-order valence-corrected chi connectivity index (χ3v) is 3.07. The lowest BCUT2D eigenvalue weighted by molar-refractivity contribution is 0.255. The summed E-state index contributed by atoms with van der Waals surface area (Å²) in [6.45, 7) is 7.25. The van der Waals surface area contributed by atoms with E-state index in [1.165, 1.54) is 0 Å². The number of hydrogen-bond acceptors (Lipinski definition) is 5. The summed E-state index contributed by atoms with van der Waals surface area (Å²) in [5.74, 6) is 1.90. The molecule has 0 spiro atoms. The smallest absolute Gasteiger partial charge is 0.253 e. The summed E-state index contributed by atoms with van der Waals surface area (Å²) in [6, 6.07) is 8.35. The van der Waals surface area contributed by atoms with Crippen molar-refractivity contribution in [2.75, 3.05) is 6.54 Å². The largest absolute Gasteiger partial charge is 0.483 e. The maximum atomic E-state index is 5.83. The normalized spacial score (nSPS) is 12.3. The Morgan fingerprint density at radius 2 is 2.05 bits per heavy atom. The summed E-state index contributed by atoms with van der Waals surface area (Å²) in [7, 11) is 0. The Morgan fingerprint density at radius 3 is 2.70 bits per heavy atom. The molecule has 0 aliphatic rings. The van der Waals surface area contributed by atoms with Gasteiger partial charge in [0.15, 0.2) is 6.61 Å². The van der Waals surface area contributed by atoms with E-state index in [1.807, 2.05) is 18.2 Å². The molecule has 1 aromatic carbocycles. The van der Waals surface area contributed by atoms with E-state index in [0.717, 1.165) is 24.3 Å². The first-order chi connectivity index (χ1) is 9.74. The summed E-state index contributed by atoms with van der Waals surface area (Å²) in [6.07, 6.45) is 1.01. The number of hydrogen-bond donors (Lipinski definition) is 1. The number of rotatable bonds is 7. The highest BCUT2D eigenvalue weighted by atomic mass is 16.5. The minimum atomic E-state index is 0.292. The Kier molecular flexibility index (Phi) is 5.12. The van der Waals surface area contributed by atoms with E-state index in [-0.39, 0.29) is 0 Å². The van der Waals surface area contributed by atoms with Crippen molar-refractivity contribution in [3.05, 3.63) is 41.6 Å². The molecule has 108 valence electrons. The number of benzene rings is 1. The van der Waals surface area contributed by atoms with Gasteiger partial charge in [0.05, 0.1) is 0 Å². The third-order valence-electron chi connectivity index (χ3n) is 3.07. The summed E-state index contributed by atoms with van der Waals surface area (Å²) in [4.78, 5) is 0. The molecule has 2 rings (SSSR count). The van der Waals surface area contributed by atoms with Crippen LogP contribution in [-0.2, 0) is 6.61 Å². The van der Waals surface area contributed by atoms with Gasteiger partial charge in [-0.1, -0.05) is 32.0 Å². The fourth-order valence-corrected chi connectivity index (χ4v) is 2.16. The number of nitrogens with one attached hydrogen (secondary N) is 1. The van der Waals surface area contributed by atoms with E-state index in [4.69, 9.17) is 9.15 Å². The van der Waals surface area contributed by atoms with E-state index >= 15 is 0 Å². The first-order valence-electron chi connectivity index (χ1n) is 6.98. The van der Waals surface area contributed by atoms with Crippen LogP contribution in [0, 0.1) is 6.92 Å². The van der Waals surface area contributed by atoms with Gasteiger partial charge in [-0.25, -0.2) is 0 Å². The highest BCUT2D eigenvalue weighted by molar-refractivity contribution is 5.35. The van der Waals surface area contributed by atoms with Crippen LogP contribution in [0.5, 0.6) is 5.75 Å². The molecule has 0 saturated heterocycles. The molecule has 1 N–H and O–H groups in total. The monoisotopic (exact) mass is 275 g/mol. The number of aromatic nitrogens is 2. The van der Waals surface area contributed by atoms with Gasteiger partial charge in [-0.15, -0.1) is 10.2 Å². The second-order valence-electron chi connectivity index (χ2n) is 4.56. The van der Waals surface area contributed by atoms with Crippen LogP contribution in [0.3, 0.4) is 0 Å². The SMILES string of the molecule is CCNC(CC)c1ccccc1OCc1nnc(C)o1. The van der Waals surface area contributed by atoms with Crippen LogP contribution in [0.2, 0.25) is 0 Å². The average molecular weight is 275 g/mol. The second kappa shape index (κ2) is 7.05. The summed E-state index contributed by atoms with van der Waals surface area (Å²) >= 11 is 0. The molecule has 0 fully saturated rings. The Balaban J connectivity index is 2.10. The van der Waals surface area contributed by atoms with Gasteiger partial charge in [0.25, 0.3) is 5.89 Å². The van der Waals surface area contributed by atoms with E-state index in [2.05, 4.69) is 35.4 Å². The molecule has 5 nitrogen and oxygen atoms in total. The number of aryl methyl sites for hydroxylation is 1. The van der Waals surface area contributed by atoms with Crippen LogP contribution in [-0.4, -0.2) is 16.7 Å². The lowest BCUT2D eigenvalue weighted by Gasteiger charge is -2.19. The maximum Gasteiger partial charge on any atom is 0.253 e. The fourth-order valence-electron chi connectivity index (χ4n) is 2.16. The van der Waals surface area contributed by atoms with Gasteiger partial charge in [-0.2, -0.15) is 0 Å². The first kappa shape index (κ1) is 14.5. The quantitative estimate of drug-likeness (QED) is 0.841. The van der Waals surface area contributed by atoms with E-state index in [9.17, 15) is 0 Å². The molecular formula is C15H21N3O2. The van der Waals surface area contributed by atoms with Crippen molar-refractivity contribution < 1.29 is 9.15 Å². The minimum absolute atomic E-state index is 0.292. The topological polar surface area (TPSA) is 60.2 Å². The van der Waals surface area contributed by atoms with E-state index in [0.29, 0.717) is 24.4 Å². The van der Waals surface area contributed by atoms with Gasteiger partial charge in [-0.05, 0) is 19.0 Å². The predicted molar refractivity (Wildman–Crippen MR) is 76.5 cm³/mol. The number of nitrogens with zero attached hydrogens (tertiary/aromatic N) is 2. The van der Waals surface area contributed by atoms with Crippen molar-refractivity contribution in [3.8, 4) is 5.75 Å². The van der Waals surface area contributed by atoms with Crippen LogP contribution in [0.1, 0.15) is 43.7 Å². The Hall–Kier alpha value is -1.88. The van der Waals surface area contributed by atoms with Gasteiger partial charge in [0.2, 0.25) is 5.89 Å². The highest BCUT2D eigenvalue weighted by Crippen LogP contribution is 2.27. The lowest BCUT2D eigenvalue weighted by Crippen LogP contribution is -2.20. The third kappa shape index (κ3) is 3.57. The Bertz CT molecular complexity index is 539. The first-order valence-corrected chi connectivity index (χ1v) is 6.98. The lowest BCUT2D eigenvalue weighted by atomic mass is 10.0. The molecule has 0 amide bonds. The number of ether oxygens (including phenoxy) is 1. The van der Waals surface area contributed by atoms with Crippen molar-refractivity contribution in [3.63, 3.8) is 0 Å². The average Bonchev–Trinajstić information content (AvgIpc) is 2.89. The zero-order valence-electron chi connectivity index (χ0n) is 12.2. The second-order valence-corrected chi connectivity index (χ2v) is 4.56. The van der Waals surface area contributed by atoms with Crippen molar-refractivity contribution in [2.45, 2.75) is 39.8 Å². The zero-order valence-corrected chi connectivity index (χ0v) is 12.2. The molecule has 20 heavy (non-hydrogen) atoms. The maximum absolute atomic E-state index is 5.83. The molecule has 5 heteroatoms. The van der Waals surface area contributed by atoms with Gasteiger partial charge < -0.3 is 14.5 Å². The van der Waals surface area contributed by atoms with Gasteiger partial charge >= 0.3 is 0 Å². The van der Waals surface area contributed by atoms with Crippen LogP contribution in [0.15, 0.2) is 28.7 Å². The molecule has 1 unspecified atom stereocenters. The molecule has 1 aromatic heterocycles. The summed E-state index contributed by atoms with van der Waals surface area (Å²) < 4.78 is 11.1. The van der Waals surface area contributed by atoms with Gasteiger partial charge in [0.1, 0.15) is 5.75 Å². The summed E-state index contributed by atoms with van der Waals surface area (Å²) in [5, 5.41) is 11.2. The number of para-hydroxylation sites is 1. The summed E-state index contributed by atoms with van der Waals surface area (Å²) in [5.41, 5.74) is 1.16. The van der Waals surface area contributed by atoms with E-state index < -0.39 is 0 Å². The fraction of sp³-hybridized carbons (Fsp3) is 0.467. The van der Waals surface area contributed by atoms with Crippen molar-refractivity contribution >= 4 is 0 Å². The standard InChI is InChI=1S/C15H21N3O2/c1-4-13(16-5-2)12-8-6-7-9-14(12)19-10-15-18-17-11(3)20-15/h6-9,13,16H,4-5,10H2,1-3H3. The molecule has 2 aromatic rings. The van der Waals surface area contributed by atoms with Crippen molar-refractivity contribution in [2.24, 2.45) is 0 Å². The molecule has 1 atom stereocenters. The van der Waals surface area contributed by atoms with Crippen molar-refractivity contribution in [1.29, 1.82) is 0 Å². The van der Waals surface area contributed by atoms with Crippen LogP contribution in [0.25, 0.3) is 0 Å². The molecule has 0 saturated carbocycles. The van der Waals surface area contributed by atoms with Crippen LogP contribution >= 0.6 is 0 Å². The van der Waals surface area contributed by atoms with Gasteiger partial charge in [0, 0.05) is 18.5 Å². The molecule has 0 bridgehead atoms. The van der Waals surface area contributed by atoms with Crippen molar-refractivity contribution in [1.82, 2.24) is 15.5 Å². The highest BCUT2D eigenvalue weighted by Gasteiger charge is 2.14. The molecule has 0 aliphatic heterocycles. The molecular weight excluding hydrogens is 254 g/mol. The predicted octanol–water partition coefficient (Wildman–Crippen LogP) is 3.02. The van der Waals surface area contributed by atoms with Gasteiger partial charge in [-0.3, -0.25) is 0 Å². The Labute approximate surface area is 119 Å².